The number of piperidine rings is 1. The Labute approximate surface area is 206 Å². The number of hydrogen-bond acceptors (Lipinski definition) is 4. The minimum atomic E-state index is -0.923. The monoisotopic (exact) mass is 478 g/mol. The van der Waals surface area contributed by atoms with E-state index in [-0.39, 0.29) is 24.9 Å². The molecule has 0 aromatic heterocycles. The van der Waals surface area contributed by atoms with E-state index in [0.29, 0.717) is 38.3 Å². The molecule has 2 aromatic carbocycles. The van der Waals surface area contributed by atoms with Crippen molar-refractivity contribution in [2.75, 3.05) is 19.7 Å². The van der Waals surface area contributed by atoms with Crippen molar-refractivity contribution in [3.05, 3.63) is 59.7 Å². The molecule has 7 heteroatoms. The van der Waals surface area contributed by atoms with Crippen LogP contribution < -0.4 is 5.32 Å². The number of rotatable bonds is 9. The van der Waals surface area contributed by atoms with Gasteiger partial charge in [0.05, 0.1) is 0 Å². The van der Waals surface area contributed by atoms with Crippen LogP contribution in [0.5, 0.6) is 0 Å². The Morgan fingerprint density at radius 1 is 1.03 bits per heavy atom. The topological polar surface area (TPSA) is 95.9 Å². The maximum Gasteiger partial charge on any atom is 0.407 e. The number of aliphatic carboxylic acids is 1. The van der Waals surface area contributed by atoms with Gasteiger partial charge in [-0.3, -0.25) is 4.79 Å². The molecule has 4 rings (SSSR count). The quantitative estimate of drug-likeness (QED) is 0.505. The molecule has 0 bridgehead atoms. The van der Waals surface area contributed by atoms with Crippen LogP contribution in [0.2, 0.25) is 0 Å². The number of unbranched alkanes of at least 4 members (excludes halogenated alkanes) is 1. The lowest BCUT2D eigenvalue weighted by molar-refractivity contribution is -0.153. The number of nitrogens with one attached hydrogen (secondary N) is 1. The number of ether oxygens (including phenoxy) is 1. The molecule has 0 saturated carbocycles. The predicted molar refractivity (Wildman–Crippen MR) is 133 cm³/mol. The third-order valence-electron chi connectivity index (χ3n) is 7.32. The summed E-state index contributed by atoms with van der Waals surface area (Å²) in [6.07, 6.45) is 3.35. The number of amides is 2. The van der Waals surface area contributed by atoms with E-state index < -0.39 is 18.1 Å². The number of hydrogen-bond donors (Lipinski definition) is 2. The van der Waals surface area contributed by atoms with E-state index in [1.165, 1.54) is 27.2 Å². The zero-order valence-electron chi connectivity index (χ0n) is 20.2. The first kappa shape index (κ1) is 24.8. The molecule has 2 amide bonds. The van der Waals surface area contributed by atoms with E-state index in [1.54, 1.807) is 0 Å². The second kappa shape index (κ2) is 11.4. The lowest BCUT2D eigenvalue weighted by Gasteiger charge is -2.37. The van der Waals surface area contributed by atoms with Crippen molar-refractivity contribution >= 4 is 18.0 Å². The van der Waals surface area contributed by atoms with Gasteiger partial charge in [0.1, 0.15) is 12.6 Å². The summed E-state index contributed by atoms with van der Waals surface area (Å²) < 4.78 is 5.53. The maximum absolute atomic E-state index is 12.6. The molecule has 1 saturated heterocycles. The predicted octanol–water partition coefficient (Wildman–Crippen LogP) is 4.80. The van der Waals surface area contributed by atoms with Gasteiger partial charge in [0.15, 0.2) is 0 Å². The highest BCUT2D eigenvalue weighted by Crippen LogP contribution is 2.44. The van der Waals surface area contributed by atoms with Gasteiger partial charge in [-0.25, -0.2) is 9.59 Å². The van der Waals surface area contributed by atoms with Crippen molar-refractivity contribution in [2.45, 2.75) is 57.4 Å². The first-order valence-corrected chi connectivity index (χ1v) is 12.6. The van der Waals surface area contributed by atoms with E-state index in [0.717, 1.165) is 12.8 Å². The van der Waals surface area contributed by atoms with Crippen LogP contribution in [-0.4, -0.2) is 53.7 Å². The maximum atomic E-state index is 12.6. The summed E-state index contributed by atoms with van der Waals surface area (Å²) in [5.41, 5.74) is 4.71. The Balaban J connectivity index is 1.18. The lowest BCUT2D eigenvalue weighted by Crippen LogP contribution is -2.50. The van der Waals surface area contributed by atoms with Gasteiger partial charge in [-0.1, -0.05) is 61.9 Å². The Morgan fingerprint density at radius 2 is 1.69 bits per heavy atom. The van der Waals surface area contributed by atoms with Crippen LogP contribution in [0, 0.1) is 5.92 Å². The normalized spacial score (nSPS) is 19.1. The van der Waals surface area contributed by atoms with Gasteiger partial charge >= 0.3 is 12.1 Å². The minimum absolute atomic E-state index is 0.0183. The van der Waals surface area contributed by atoms with E-state index in [4.69, 9.17) is 4.74 Å². The number of carboxylic acid groups (broad SMARTS) is 1. The van der Waals surface area contributed by atoms with Gasteiger partial charge in [-0.2, -0.15) is 0 Å². The second-order valence-electron chi connectivity index (χ2n) is 9.45. The zero-order valence-corrected chi connectivity index (χ0v) is 20.2. The van der Waals surface area contributed by atoms with Crippen LogP contribution in [0.4, 0.5) is 4.79 Å². The van der Waals surface area contributed by atoms with Crippen molar-refractivity contribution in [1.82, 2.24) is 10.2 Å². The molecular formula is C28H34N2O5. The third kappa shape index (κ3) is 5.66. The average Bonchev–Trinajstić information content (AvgIpc) is 3.20. The van der Waals surface area contributed by atoms with Gasteiger partial charge < -0.3 is 20.1 Å². The van der Waals surface area contributed by atoms with Gasteiger partial charge in [-0.05, 0) is 53.9 Å². The largest absolute Gasteiger partial charge is 0.480 e. The number of carbonyl (C=O) groups excluding carboxylic acids is 2. The highest BCUT2D eigenvalue weighted by atomic mass is 16.5. The van der Waals surface area contributed by atoms with Crippen molar-refractivity contribution in [1.29, 1.82) is 0 Å². The molecule has 7 nitrogen and oxygen atoms in total. The summed E-state index contributed by atoms with van der Waals surface area (Å²) in [5.74, 6) is -0.659. The molecule has 0 spiro atoms. The molecule has 0 radical (unpaired) electrons. The number of carbonyl (C=O) groups is 3. The van der Waals surface area contributed by atoms with Gasteiger partial charge in [0, 0.05) is 25.4 Å². The molecule has 2 aromatic rings. The Morgan fingerprint density at radius 3 is 2.31 bits per heavy atom. The molecule has 1 aliphatic heterocycles. The molecule has 1 aliphatic carbocycles. The molecular weight excluding hydrogens is 444 g/mol. The number of likely N-dealkylation sites (tertiary alicyclic amines) is 1. The molecule has 2 atom stereocenters. The summed E-state index contributed by atoms with van der Waals surface area (Å²) >= 11 is 0. The molecule has 2 unspecified atom stereocenters. The molecule has 2 N–H and O–H groups in total. The molecule has 2 aliphatic rings. The number of fused-ring (bicyclic) bond motifs is 3. The fraction of sp³-hybridized carbons (Fsp3) is 0.464. The van der Waals surface area contributed by atoms with Gasteiger partial charge in [-0.15, -0.1) is 0 Å². The number of alkyl carbamates (subject to hydrolysis) is 1. The summed E-state index contributed by atoms with van der Waals surface area (Å²) in [6.45, 7) is 3.24. The average molecular weight is 479 g/mol. The molecule has 1 heterocycles. The van der Waals surface area contributed by atoms with Crippen LogP contribution in [0.3, 0.4) is 0 Å². The fourth-order valence-electron chi connectivity index (χ4n) is 5.33. The minimum Gasteiger partial charge on any atom is -0.480 e. The molecule has 186 valence electrons. The number of carboxylic acids is 1. The summed E-state index contributed by atoms with van der Waals surface area (Å²) in [6, 6.07) is 15.7. The summed E-state index contributed by atoms with van der Waals surface area (Å²) in [5, 5.41) is 12.3. The first-order chi connectivity index (χ1) is 17.0. The zero-order chi connectivity index (χ0) is 24.8. The Hall–Kier alpha value is -3.35. The van der Waals surface area contributed by atoms with Crippen LogP contribution in [0.25, 0.3) is 11.1 Å². The van der Waals surface area contributed by atoms with Gasteiger partial charge in [0.25, 0.3) is 0 Å². The van der Waals surface area contributed by atoms with Gasteiger partial charge in [0.2, 0.25) is 5.91 Å². The van der Waals surface area contributed by atoms with Crippen molar-refractivity contribution < 1.29 is 24.2 Å². The van der Waals surface area contributed by atoms with E-state index in [2.05, 4.69) is 36.5 Å². The van der Waals surface area contributed by atoms with Crippen LogP contribution in [0.15, 0.2) is 48.5 Å². The summed E-state index contributed by atoms with van der Waals surface area (Å²) in [4.78, 5) is 38.0. The number of nitrogens with zero attached hydrogens (tertiary/aromatic N) is 1. The summed E-state index contributed by atoms with van der Waals surface area (Å²) in [7, 11) is 0. The standard InChI is InChI=1S/C28H34N2O5/c1-2-19-14-16-30(25(17-19)27(32)33)26(31)13-7-8-15-29-28(34)35-18-24-22-11-5-3-9-20(22)21-10-4-6-12-23(21)24/h3-6,9-12,19,24-25H,2,7-8,13-18H2,1H3,(H,29,34)(H,32,33). The lowest BCUT2D eigenvalue weighted by atomic mass is 9.88. The van der Waals surface area contributed by atoms with Crippen LogP contribution >= 0.6 is 0 Å². The smallest absolute Gasteiger partial charge is 0.407 e. The third-order valence-corrected chi connectivity index (χ3v) is 7.32. The van der Waals surface area contributed by atoms with E-state index >= 15 is 0 Å². The van der Waals surface area contributed by atoms with E-state index in [1.807, 2.05) is 24.3 Å². The fourth-order valence-corrected chi connectivity index (χ4v) is 5.33. The second-order valence-corrected chi connectivity index (χ2v) is 9.45. The van der Waals surface area contributed by atoms with Crippen molar-refractivity contribution in [3.8, 4) is 11.1 Å². The van der Waals surface area contributed by atoms with E-state index in [9.17, 15) is 19.5 Å². The highest BCUT2D eigenvalue weighted by molar-refractivity contribution is 5.84. The first-order valence-electron chi connectivity index (χ1n) is 12.6. The molecule has 1 fully saturated rings. The van der Waals surface area contributed by atoms with Crippen molar-refractivity contribution in [3.63, 3.8) is 0 Å². The Kier molecular flexibility index (Phi) is 8.06. The molecule has 35 heavy (non-hydrogen) atoms. The SMILES string of the molecule is CCC1CCN(C(=O)CCCCNC(=O)OCC2c3ccccc3-c3ccccc32)C(C(=O)O)C1. The number of benzene rings is 2. The Bertz CT molecular complexity index is 1020. The highest BCUT2D eigenvalue weighted by Gasteiger charge is 2.35. The van der Waals surface area contributed by atoms with Crippen LogP contribution in [-0.2, 0) is 14.3 Å². The van der Waals surface area contributed by atoms with Crippen LogP contribution in [0.1, 0.15) is 62.5 Å². The van der Waals surface area contributed by atoms with Crippen molar-refractivity contribution in [2.24, 2.45) is 5.92 Å².